The van der Waals surface area contributed by atoms with Crippen LogP contribution >= 0.6 is 0 Å². The first-order chi connectivity index (χ1) is 6.83. The molecular formula is C11H14N2O. The first kappa shape index (κ1) is 9.19. The minimum atomic E-state index is 0.538. The van der Waals surface area contributed by atoms with Crippen LogP contribution < -0.4 is 4.90 Å². The number of rotatable bonds is 2. The van der Waals surface area contributed by atoms with Gasteiger partial charge in [0.1, 0.15) is 0 Å². The number of carbonyl (C=O) groups excluding carboxylic acids is 1. The fourth-order valence-corrected chi connectivity index (χ4v) is 2.04. The molecule has 3 heteroatoms. The van der Waals surface area contributed by atoms with Gasteiger partial charge in [0.15, 0.2) is 6.29 Å². The fraction of sp³-hybridized carbons (Fsp3) is 0.455. The minimum absolute atomic E-state index is 0.538. The fourth-order valence-electron chi connectivity index (χ4n) is 2.04. The Balaban J connectivity index is 2.34. The maximum absolute atomic E-state index is 10.8. The van der Waals surface area contributed by atoms with E-state index in [1.165, 1.54) is 12.8 Å². The second-order valence-electron chi connectivity index (χ2n) is 3.74. The van der Waals surface area contributed by atoms with E-state index in [0.717, 1.165) is 18.5 Å². The zero-order valence-electron chi connectivity index (χ0n) is 8.31. The molecule has 2 heterocycles. The highest BCUT2D eigenvalue weighted by Gasteiger charge is 2.22. The van der Waals surface area contributed by atoms with Crippen LogP contribution in [0.3, 0.4) is 0 Å². The average molecular weight is 190 g/mol. The number of anilines is 1. The first-order valence-corrected chi connectivity index (χ1v) is 4.99. The van der Waals surface area contributed by atoms with Gasteiger partial charge in [-0.1, -0.05) is 0 Å². The number of aldehydes is 1. The van der Waals surface area contributed by atoms with E-state index in [1.807, 2.05) is 6.07 Å². The lowest BCUT2D eigenvalue weighted by Gasteiger charge is -2.24. The summed E-state index contributed by atoms with van der Waals surface area (Å²) in [6.45, 7) is 3.24. The Morgan fingerprint density at radius 1 is 1.64 bits per heavy atom. The van der Waals surface area contributed by atoms with Crippen LogP contribution in [0.1, 0.15) is 30.1 Å². The Kier molecular flexibility index (Phi) is 2.48. The predicted octanol–water partition coefficient (Wildman–Crippen LogP) is 1.88. The molecule has 0 N–H and O–H groups in total. The van der Waals surface area contributed by atoms with Crippen LogP contribution in [0, 0.1) is 0 Å². The summed E-state index contributed by atoms with van der Waals surface area (Å²) in [5.74, 6) is 0. The van der Waals surface area contributed by atoms with E-state index >= 15 is 0 Å². The number of pyridine rings is 1. The van der Waals surface area contributed by atoms with Gasteiger partial charge in [-0.05, 0) is 25.8 Å². The van der Waals surface area contributed by atoms with E-state index in [-0.39, 0.29) is 0 Å². The van der Waals surface area contributed by atoms with Crippen LogP contribution in [-0.4, -0.2) is 23.9 Å². The van der Waals surface area contributed by atoms with E-state index < -0.39 is 0 Å². The smallest absolute Gasteiger partial charge is 0.153 e. The monoisotopic (exact) mass is 190 g/mol. The summed E-state index contributed by atoms with van der Waals surface area (Å²) in [4.78, 5) is 17.1. The second kappa shape index (κ2) is 3.78. The number of aromatic nitrogens is 1. The van der Waals surface area contributed by atoms with E-state index in [1.54, 1.807) is 12.4 Å². The highest BCUT2D eigenvalue weighted by atomic mass is 16.1. The van der Waals surface area contributed by atoms with Gasteiger partial charge in [-0.3, -0.25) is 9.78 Å². The van der Waals surface area contributed by atoms with Crippen molar-refractivity contribution < 1.29 is 4.79 Å². The van der Waals surface area contributed by atoms with Crippen LogP contribution in [0.2, 0.25) is 0 Å². The van der Waals surface area contributed by atoms with Crippen molar-refractivity contribution in [3.8, 4) is 0 Å². The maximum Gasteiger partial charge on any atom is 0.153 e. The molecule has 3 nitrogen and oxygen atoms in total. The van der Waals surface area contributed by atoms with Crippen molar-refractivity contribution in [3.05, 3.63) is 24.0 Å². The summed E-state index contributed by atoms with van der Waals surface area (Å²) in [5, 5.41) is 0. The number of hydrogen-bond acceptors (Lipinski definition) is 3. The lowest BCUT2D eigenvalue weighted by atomic mass is 10.2. The Labute approximate surface area is 83.8 Å². The van der Waals surface area contributed by atoms with Crippen molar-refractivity contribution in [1.29, 1.82) is 0 Å². The quantitative estimate of drug-likeness (QED) is 0.668. The Morgan fingerprint density at radius 2 is 2.50 bits per heavy atom. The Bertz CT molecular complexity index is 338. The molecule has 1 saturated heterocycles. The Hall–Kier alpha value is -1.38. The van der Waals surface area contributed by atoms with E-state index in [0.29, 0.717) is 11.6 Å². The van der Waals surface area contributed by atoms with Crippen molar-refractivity contribution >= 4 is 12.0 Å². The number of hydrogen-bond donors (Lipinski definition) is 0. The minimum Gasteiger partial charge on any atom is -0.368 e. The van der Waals surface area contributed by atoms with Crippen molar-refractivity contribution in [2.75, 3.05) is 11.4 Å². The molecule has 0 bridgehead atoms. The standard InChI is InChI=1S/C11H14N2O/c1-9-3-2-6-13(9)11-4-5-12-7-10(11)8-14/h4-5,7-9H,2-3,6H2,1H3. The van der Waals surface area contributed by atoms with E-state index in [2.05, 4.69) is 16.8 Å². The molecule has 1 atom stereocenters. The molecule has 1 aromatic heterocycles. The van der Waals surface area contributed by atoms with Gasteiger partial charge in [-0.25, -0.2) is 0 Å². The largest absolute Gasteiger partial charge is 0.368 e. The van der Waals surface area contributed by atoms with Gasteiger partial charge in [-0.15, -0.1) is 0 Å². The molecule has 0 aromatic carbocycles. The molecular weight excluding hydrogens is 176 g/mol. The molecule has 1 unspecified atom stereocenters. The highest BCUT2D eigenvalue weighted by Crippen LogP contribution is 2.26. The summed E-state index contributed by atoms with van der Waals surface area (Å²) in [6, 6.07) is 2.46. The Morgan fingerprint density at radius 3 is 3.14 bits per heavy atom. The summed E-state index contributed by atoms with van der Waals surface area (Å²) in [7, 11) is 0. The van der Waals surface area contributed by atoms with Crippen LogP contribution in [0.5, 0.6) is 0 Å². The lowest BCUT2D eigenvalue weighted by Crippen LogP contribution is -2.27. The van der Waals surface area contributed by atoms with Crippen LogP contribution in [0.15, 0.2) is 18.5 Å². The van der Waals surface area contributed by atoms with Gasteiger partial charge < -0.3 is 4.90 Å². The van der Waals surface area contributed by atoms with Gasteiger partial charge in [0.2, 0.25) is 0 Å². The zero-order valence-corrected chi connectivity index (χ0v) is 8.31. The molecule has 14 heavy (non-hydrogen) atoms. The lowest BCUT2D eigenvalue weighted by molar-refractivity contribution is 0.112. The van der Waals surface area contributed by atoms with Gasteiger partial charge in [0.05, 0.1) is 11.3 Å². The topological polar surface area (TPSA) is 33.2 Å². The molecule has 0 spiro atoms. The van der Waals surface area contributed by atoms with Gasteiger partial charge in [-0.2, -0.15) is 0 Å². The third kappa shape index (κ3) is 1.50. The second-order valence-corrected chi connectivity index (χ2v) is 3.74. The molecule has 2 rings (SSSR count). The molecule has 1 fully saturated rings. The van der Waals surface area contributed by atoms with E-state index in [9.17, 15) is 4.79 Å². The average Bonchev–Trinajstić information content (AvgIpc) is 2.64. The number of nitrogens with zero attached hydrogens (tertiary/aromatic N) is 2. The molecule has 1 aliphatic heterocycles. The van der Waals surface area contributed by atoms with Crippen LogP contribution in [0.4, 0.5) is 5.69 Å². The van der Waals surface area contributed by atoms with Crippen LogP contribution in [-0.2, 0) is 0 Å². The van der Waals surface area contributed by atoms with Gasteiger partial charge in [0.25, 0.3) is 0 Å². The SMILES string of the molecule is CC1CCCN1c1ccncc1C=O. The predicted molar refractivity (Wildman–Crippen MR) is 55.7 cm³/mol. The van der Waals surface area contributed by atoms with Gasteiger partial charge in [0, 0.05) is 25.0 Å². The molecule has 0 radical (unpaired) electrons. The molecule has 1 aromatic rings. The van der Waals surface area contributed by atoms with Crippen molar-refractivity contribution in [2.45, 2.75) is 25.8 Å². The third-order valence-electron chi connectivity index (χ3n) is 2.82. The molecule has 0 saturated carbocycles. The summed E-state index contributed by atoms with van der Waals surface area (Å²) in [5.41, 5.74) is 1.72. The molecule has 74 valence electrons. The molecule has 0 amide bonds. The third-order valence-corrected chi connectivity index (χ3v) is 2.82. The highest BCUT2D eigenvalue weighted by molar-refractivity contribution is 5.84. The summed E-state index contributed by atoms with van der Waals surface area (Å²) in [6.07, 6.45) is 6.68. The van der Waals surface area contributed by atoms with Gasteiger partial charge >= 0.3 is 0 Å². The van der Waals surface area contributed by atoms with E-state index in [4.69, 9.17) is 0 Å². The maximum atomic E-state index is 10.8. The molecule has 1 aliphatic rings. The molecule has 0 aliphatic carbocycles. The van der Waals surface area contributed by atoms with Crippen molar-refractivity contribution in [2.24, 2.45) is 0 Å². The first-order valence-electron chi connectivity index (χ1n) is 4.99. The van der Waals surface area contributed by atoms with Crippen molar-refractivity contribution in [3.63, 3.8) is 0 Å². The summed E-state index contributed by atoms with van der Waals surface area (Å²) < 4.78 is 0. The van der Waals surface area contributed by atoms with Crippen LogP contribution in [0.25, 0.3) is 0 Å². The normalized spacial score (nSPS) is 21.2. The zero-order chi connectivity index (χ0) is 9.97. The number of carbonyl (C=O) groups is 1. The van der Waals surface area contributed by atoms with Crippen molar-refractivity contribution in [1.82, 2.24) is 4.98 Å². The summed E-state index contributed by atoms with van der Waals surface area (Å²) >= 11 is 0.